The number of hydrogen-bond acceptors (Lipinski definition) is 2. The van der Waals surface area contributed by atoms with Gasteiger partial charge in [0.15, 0.2) is 0 Å². The highest BCUT2D eigenvalue weighted by atomic mass is 19.4. The highest BCUT2D eigenvalue weighted by Crippen LogP contribution is 2.34. The second kappa shape index (κ2) is 6.47. The number of carbonyl (C=O) groups excluding carboxylic acids is 1. The molecule has 1 atom stereocenters. The van der Waals surface area contributed by atoms with Gasteiger partial charge in [0.1, 0.15) is 0 Å². The van der Waals surface area contributed by atoms with Crippen molar-refractivity contribution in [2.75, 3.05) is 13.7 Å². The topological polar surface area (TPSA) is 38.3 Å². The number of amides is 1. The summed E-state index contributed by atoms with van der Waals surface area (Å²) in [5, 5.41) is 2.61. The van der Waals surface area contributed by atoms with Gasteiger partial charge in [-0.1, -0.05) is 18.2 Å². The minimum Gasteiger partial charge on any atom is -0.384 e. The number of methoxy groups -OCH3 is 1. The Morgan fingerprint density at radius 2 is 1.86 bits per heavy atom. The number of ether oxygens (including phenoxy) is 1. The van der Waals surface area contributed by atoms with E-state index in [2.05, 4.69) is 5.32 Å². The van der Waals surface area contributed by atoms with Crippen LogP contribution in [0.25, 0.3) is 0 Å². The zero-order chi connectivity index (χ0) is 16.3. The largest absolute Gasteiger partial charge is 0.416 e. The van der Waals surface area contributed by atoms with Crippen LogP contribution in [-0.4, -0.2) is 19.6 Å². The maximum atomic E-state index is 13.0. The van der Waals surface area contributed by atoms with Crippen LogP contribution in [0.5, 0.6) is 0 Å². The summed E-state index contributed by atoms with van der Waals surface area (Å²) < 4.78 is 43.9. The smallest absolute Gasteiger partial charge is 0.384 e. The lowest BCUT2D eigenvalue weighted by molar-refractivity contribution is -0.139. The molecular formula is C15H20F3NO2. The standard InChI is InChI=1S/C15H20F3NO2/c1-10(19-13(20)14(2,3)9-21-4)11-7-5-6-8-12(11)15(16,17)18/h5-8,10H,9H2,1-4H3,(H,19,20). The van der Waals surface area contributed by atoms with Crippen molar-refractivity contribution >= 4 is 5.91 Å². The molecule has 0 spiro atoms. The normalized spacial score (nSPS) is 13.9. The number of nitrogens with one attached hydrogen (secondary N) is 1. The molecule has 0 radical (unpaired) electrons. The average Bonchev–Trinajstić information content (AvgIpc) is 2.37. The Morgan fingerprint density at radius 3 is 2.38 bits per heavy atom. The number of halogens is 3. The monoisotopic (exact) mass is 303 g/mol. The van der Waals surface area contributed by atoms with Crippen molar-refractivity contribution in [3.8, 4) is 0 Å². The van der Waals surface area contributed by atoms with Gasteiger partial charge < -0.3 is 10.1 Å². The van der Waals surface area contributed by atoms with Gasteiger partial charge in [0, 0.05) is 7.11 Å². The Balaban J connectivity index is 2.96. The summed E-state index contributed by atoms with van der Waals surface area (Å²) in [6.07, 6.45) is -4.45. The van der Waals surface area contributed by atoms with Crippen molar-refractivity contribution in [2.45, 2.75) is 33.0 Å². The van der Waals surface area contributed by atoms with E-state index in [1.807, 2.05) is 0 Å². The van der Waals surface area contributed by atoms with Crippen molar-refractivity contribution in [3.63, 3.8) is 0 Å². The zero-order valence-corrected chi connectivity index (χ0v) is 12.5. The SMILES string of the molecule is COCC(C)(C)C(=O)NC(C)c1ccccc1C(F)(F)F. The Morgan fingerprint density at radius 1 is 1.29 bits per heavy atom. The minimum absolute atomic E-state index is 0.0477. The summed E-state index contributed by atoms with van der Waals surface area (Å²) in [6.45, 7) is 5.07. The quantitative estimate of drug-likeness (QED) is 0.903. The van der Waals surface area contributed by atoms with E-state index in [9.17, 15) is 18.0 Å². The number of hydrogen-bond donors (Lipinski definition) is 1. The molecule has 3 nitrogen and oxygen atoms in total. The molecule has 21 heavy (non-hydrogen) atoms. The van der Waals surface area contributed by atoms with Crippen molar-refractivity contribution in [3.05, 3.63) is 35.4 Å². The van der Waals surface area contributed by atoms with E-state index < -0.39 is 23.2 Å². The third-order valence-electron chi connectivity index (χ3n) is 3.20. The van der Waals surface area contributed by atoms with Crippen molar-refractivity contribution in [1.29, 1.82) is 0 Å². The molecule has 1 aromatic carbocycles. The van der Waals surface area contributed by atoms with E-state index in [1.54, 1.807) is 13.8 Å². The second-order valence-corrected chi connectivity index (χ2v) is 5.60. The Hall–Kier alpha value is -1.56. The van der Waals surface area contributed by atoms with Crippen molar-refractivity contribution < 1.29 is 22.7 Å². The number of rotatable bonds is 5. The molecule has 1 aromatic rings. The lowest BCUT2D eigenvalue weighted by Gasteiger charge is -2.26. The molecule has 0 saturated heterocycles. The fourth-order valence-corrected chi connectivity index (χ4v) is 2.03. The van der Waals surface area contributed by atoms with Crippen LogP contribution in [0.4, 0.5) is 13.2 Å². The molecule has 1 rings (SSSR count). The number of alkyl halides is 3. The van der Waals surface area contributed by atoms with Crippen LogP contribution in [0, 0.1) is 5.41 Å². The third kappa shape index (κ3) is 4.46. The summed E-state index contributed by atoms with van der Waals surface area (Å²) in [7, 11) is 1.47. The molecule has 0 fully saturated rings. The molecular weight excluding hydrogens is 283 g/mol. The second-order valence-electron chi connectivity index (χ2n) is 5.60. The maximum absolute atomic E-state index is 13.0. The Labute approximate surface area is 122 Å². The molecule has 1 N–H and O–H groups in total. The van der Waals surface area contributed by atoms with E-state index >= 15 is 0 Å². The Bertz CT molecular complexity index is 498. The number of carbonyl (C=O) groups is 1. The summed E-state index contributed by atoms with van der Waals surface area (Å²) >= 11 is 0. The predicted molar refractivity (Wildman–Crippen MR) is 73.7 cm³/mol. The van der Waals surface area contributed by atoms with Crippen molar-refractivity contribution in [1.82, 2.24) is 5.32 Å². The van der Waals surface area contributed by atoms with Crippen LogP contribution < -0.4 is 5.32 Å². The molecule has 0 aliphatic heterocycles. The first-order valence-electron chi connectivity index (χ1n) is 6.55. The third-order valence-corrected chi connectivity index (χ3v) is 3.20. The van der Waals surface area contributed by atoms with Crippen LogP contribution >= 0.6 is 0 Å². The lowest BCUT2D eigenvalue weighted by Crippen LogP contribution is -2.41. The predicted octanol–water partition coefficient (Wildman–Crippen LogP) is 3.56. The minimum atomic E-state index is -4.45. The first kappa shape index (κ1) is 17.5. The van der Waals surface area contributed by atoms with Crippen LogP contribution in [0.1, 0.15) is 37.9 Å². The molecule has 118 valence electrons. The Kier molecular flexibility index (Phi) is 5.39. The first-order chi connectivity index (χ1) is 9.59. The first-order valence-corrected chi connectivity index (χ1v) is 6.55. The molecule has 0 aliphatic rings. The van der Waals surface area contributed by atoms with Gasteiger partial charge in [-0.05, 0) is 32.4 Å². The van der Waals surface area contributed by atoms with Crippen molar-refractivity contribution in [2.24, 2.45) is 5.41 Å². The summed E-state index contributed by atoms with van der Waals surface area (Å²) in [5.74, 6) is -0.353. The number of benzene rings is 1. The molecule has 6 heteroatoms. The van der Waals surface area contributed by atoms with E-state index in [1.165, 1.54) is 32.2 Å². The average molecular weight is 303 g/mol. The highest BCUT2D eigenvalue weighted by molar-refractivity contribution is 5.82. The summed E-state index contributed by atoms with van der Waals surface area (Å²) in [4.78, 5) is 12.1. The van der Waals surface area contributed by atoms with Gasteiger partial charge in [-0.3, -0.25) is 4.79 Å². The fourth-order valence-electron chi connectivity index (χ4n) is 2.03. The van der Waals surface area contributed by atoms with Gasteiger partial charge in [0.2, 0.25) is 5.91 Å². The van der Waals surface area contributed by atoms with Gasteiger partial charge in [-0.15, -0.1) is 0 Å². The molecule has 1 unspecified atom stereocenters. The van der Waals surface area contributed by atoms with E-state index in [0.717, 1.165) is 6.07 Å². The molecule has 1 amide bonds. The van der Waals surface area contributed by atoms with Crippen LogP contribution in [0.2, 0.25) is 0 Å². The summed E-state index contributed by atoms with van der Waals surface area (Å²) in [6, 6.07) is 4.49. The van der Waals surface area contributed by atoms with Crippen LogP contribution in [0.3, 0.4) is 0 Å². The molecule has 0 bridgehead atoms. The lowest BCUT2D eigenvalue weighted by atomic mass is 9.92. The van der Waals surface area contributed by atoms with Gasteiger partial charge in [-0.2, -0.15) is 13.2 Å². The molecule has 0 heterocycles. The van der Waals surface area contributed by atoms with Crippen LogP contribution in [0.15, 0.2) is 24.3 Å². The van der Waals surface area contributed by atoms with Gasteiger partial charge in [0.05, 0.1) is 23.6 Å². The summed E-state index contributed by atoms with van der Waals surface area (Å²) in [5.41, 5.74) is -1.50. The molecule has 0 aromatic heterocycles. The highest BCUT2D eigenvalue weighted by Gasteiger charge is 2.35. The van der Waals surface area contributed by atoms with E-state index in [4.69, 9.17) is 4.74 Å². The maximum Gasteiger partial charge on any atom is 0.416 e. The van der Waals surface area contributed by atoms with E-state index in [-0.39, 0.29) is 18.1 Å². The van der Waals surface area contributed by atoms with Gasteiger partial charge in [0.25, 0.3) is 0 Å². The van der Waals surface area contributed by atoms with Gasteiger partial charge >= 0.3 is 6.18 Å². The zero-order valence-electron chi connectivity index (χ0n) is 12.5. The van der Waals surface area contributed by atoms with Crippen LogP contribution in [-0.2, 0) is 15.7 Å². The molecule has 0 saturated carbocycles. The van der Waals surface area contributed by atoms with Gasteiger partial charge in [-0.25, -0.2) is 0 Å². The van der Waals surface area contributed by atoms with E-state index in [0.29, 0.717) is 0 Å². The molecule has 0 aliphatic carbocycles. The fraction of sp³-hybridized carbons (Fsp3) is 0.533.